The second kappa shape index (κ2) is 7.26. The minimum atomic E-state index is -0.627. The number of primary amides is 1. The van der Waals surface area contributed by atoms with Crippen LogP contribution in [0, 0.1) is 46.3 Å². The molecule has 0 heterocycles. The van der Waals surface area contributed by atoms with Gasteiger partial charge in [-0.15, -0.1) is 0 Å². The molecule has 3 nitrogen and oxygen atoms in total. The van der Waals surface area contributed by atoms with Gasteiger partial charge in [-0.25, -0.2) is 4.79 Å². The molecule has 0 bridgehead atoms. The van der Waals surface area contributed by atoms with E-state index in [2.05, 4.69) is 20.8 Å². The third kappa shape index (κ3) is 3.21. The standard InChI is InChI=1S/C24H41NO2/c1-16-15-18-20-10-9-17(7-6-14-27-22(25)26)23(20,2)13-11-21(18)24(3)12-5-4-8-19(16)24/h16-21H,4-15H2,1-3H3,(H2,25,26)/t16-,17?,18?,19-,20?,21-,23+,24-/m0/s1. The normalized spacial score (nSPS) is 49.0. The molecule has 4 aliphatic carbocycles. The van der Waals surface area contributed by atoms with Crippen molar-refractivity contribution in [3.63, 3.8) is 0 Å². The molecule has 0 radical (unpaired) electrons. The van der Waals surface area contributed by atoms with E-state index in [1.54, 1.807) is 0 Å². The second-order valence-corrected chi connectivity index (χ2v) is 11.1. The summed E-state index contributed by atoms with van der Waals surface area (Å²) in [5, 5.41) is 0. The molecule has 4 saturated carbocycles. The van der Waals surface area contributed by atoms with Crippen molar-refractivity contribution in [3.8, 4) is 0 Å². The Labute approximate surface area is 166 Å². The Morgan fingerprint density at radius 2 is 1.78 bits per heavy atom. The Bertz CT molecular complexity index is 563. The van der Waals surface area contributed by atoms with Gasteiger partial charge in [0.25, 0.3) is 0 Å². The maximum Gasteiger partial charge on any atom is 0.404 e. The lowest BCUT2D eigenvalue weighted by Crippen LogP contribution is -2.55. The Balaban J connectivity index is 1.47. The van der Waals surface area contributed by atoms with Crippen LogP contribution in [0.3, 0.4) is 0 Å². The molecule has 4 fully saturated rings. The largest absolute Gasteiger partial charge is 0.450 e. The summed E-state index contributed by atoms with van der Waals surface area (Å²) < 4.78 is 4.98. The molecule has 0 saturated heterocycles. The highest BCUT2D eigenvalue weighted by Gasteiger charge is 2.60. The fourth-order valence-corrected chi connectivity index (χ4v) is 8.89. The molecule has 0 aromatic carbocycles. The van der Waals surface area contributed by atoms with Gasteiger partial charge in [-0.05, 0) is 104 Å². The SMILES string of the molecule is C[C@H]1CC2C3CCC(CCCOC(N)=O)[C@@]3(C)CC[C@@H]2[C@@]2(C)CCCC[C@@H]12. The highest BCUT2D eigenvalue weighted by atomic mass is 16.5. The van der Waals surface area contributed by atoms with Gasteiger partial charge in [0.15, 0.2) is 0 Å². The Hall–Kier alpha value is -0.730. The van der Waals surface area contributed by atoms with Crippen LogP contribution in [0.1, 0.15) is 91.4 Å². The summed E-state index contributed by atoms with van der Waals surface area (Å²) in [4.78, 5) is 10.8. The van der Waals surface area contributed by atoms with Gasteiger partial charge in [0.05, 0.1) is 6.61 Å². The number of amides is 1. The van der Waals surface area contributed by atoms with E-state index in [1.165, 1.54) is 64.2 Å². The lowest BCUT2D eigenvalue weighted by molar-refractivity contribution is -0.132. The van der Waals surface area contributed by atoms with Crippen LogP contribution in [-0.2, 0) is 4.74 Å². The van der Waals surface area contributed by atoms with Crippen molar-refractivity contribution in [2.75, 3.05) is 6.61 Å². The summed E-state index contributed by atoms with van der Waals surface area (Å²) in [5.41, 5.74) is 6.25. The molecule has 154 valence electrons. The van der Waals surface area contributed by atoms with Crippen LogP contribution in [0.5, 0.6) is 0 Å². The number of nitrogens with two attached hydrogens (primary N) is 1. The number of rotatable bonds is 4. The lowest BCUT2D eigenvalue weighted by atomic mass is 9.43. The Morgan fingerprint density at radius 1 is 1.00 bits per heavy atom. The predicted molar refractivity (Wildman–Crippen MR) is 109 cm³/mol. The van der Waals surface area contributed by atoms with Gasteiger partial charge < -0.3 is 10.5 Å². The first-order chi connectivity index (χ1) is 12.9. The van der Waals surface area contributed by atoms with E-state index in [0.29, 0.717) is 17.4 Å². The lowest BCUT2D eigenvalue weighted by Gasteiger charge is -2.62. The quantitative estimate of drug-likeness (QED) is 0.598. The van der Waals surface area contributed by atoms with E-state index >= 15 is 0 Å². The van der Waals surface area contributed by atoms with E-state index in [0.717, 1.165) is 41.9 Å². The third-order valence-corrected chi connectivity index (χ3v) is 10.1. The molecule has 4 rings (SSSR count). The molecule has 1 amide bonds. The van der Waals surface area contributed by atoms with Crippen LogP contribution in [0.4, 0.5) is 4.79 Å². The van der Waals surface area contributed by atoms with Crippen molar-refractivity contribution in [1.29, 1.82) is 0 Å². The van der Waals surface area contributed by atoms with Crippen molar-refractivity contribution in [3.05, 3.63) is 0 Å². The Kier molecular flexibility index (Phi) is 5.27. The smallest absolute Gasteiger partial charge is 0.404 e. The fraction of sp³-hybridized carbons (Fsp3) is 0.958. The van der Waals surface area contributed by atoms with Crippen LogP contribution in [0.25, 0.3) is 0 Å². The summed E-state index contributed by atoms with van der Waals surface area (Å²) in [6, 6.07) is 0. The number of fused-ring (bicyclic) bond motifs is 5. The van der Waals surface area contributed by atoms with E-state index in [9.17, 15) is 4.79 Å². The number of ether oxygens (including phenoxy) is 1. The average molecular weight is 376 g/mol. The molecular weight excluding hydrogens is 334 g/mol. The van der Waals surface area contributed by atoms with Gasteiger partial charge in [-0.1, -0.05) is 33.6 Å². The van der Waals surface area contributed by atoms with E-state index in [4.69, 9.17) is 10.5 Å². The fourth-order valence-electron chi connectivity index (χ4n) is 8.89. The van der Waals surface area contributed by atoms with E-state index < -0.39 is 6.09 Å². The molecule has 2 N–H and O–H groups in total. The van der Waals surface area contributed by atoms with Crippen LogP contribution in [0.2, 0.25) is 0 Å². The van der Waals surface area contributed by atoms with Crippen LogP contribution >= 0.6 is 0 Å². The topological polar surface area (TPSA) is 52.3 Å². The third-order valence-electron chi connectivity index (χ3n) is 10.1. The van der Waals surface area contributed by atoms with Crippen molar-refractivity contribution in [2.24, 2.45) is 52.1 Å². The summed E-state index contributed by atoms with van der Waals surface area (Å²) in [5.74, 6) is 5.59. The molecule has 4 aliphatic rings. The minimum Gasteiger partial charge on any atom is -0.450 e. The Morgan fingerprint density at radius 3 is 2.56 bits per heavy atom. The van der Waals surface area contributed by atoms with E-state index in [1.807, 2.05) is 0 Å². The maximum absolute atomic E-state index is 10.8. The zero-order chi connectivity index (χ0) is 19.2. The molecule has 3 heteroatoms. The van der Waals surface area contributed by atoms with Crippen molar-refractivity contribution < 1.29 is 9.53 Å². The molecule has 0 spiro atoms. The first-order valence-electron chi connectivity index (χ1n) is 11.8. The van der Waals surface area contributed by atoms with Crippen molar-refractivity contribution >= 4 is 6.09 Å². The number of carbonyl (C=O) groups excluding carboxylic acids is 1. The first-order valence-corrected chi connectivity index (χ1v) is 11.8. The van der Waals surface area contributed by atoms with E-state index in [-0.39, 0.29) is 0 Å². The minimum absolute atomic E-state index is 0.495. The number of carbonyl (C=O) groups is 1. The van der Waals surface area contributed by atoms with Gasteiger partial charge >= 0.3 is 6.09 Å². The number of hydrogen-bond donors (Lipinski definition) is 1. The second-order valence-electron chi connectivity index (χ2n) is 11.1. The summed E-state index contributed by atoms with van der Waals surface area (Å²) in [6.07, 6.45) is 14.7. The molecule has 3 unspecified atom stereocenters. The monoisotopic (exact) mass is 375 g/mol. The maximum atomic E-state index is 10.8. The highest BCUT2D eigenvalue weighted by molar-refractivity contribution is 5.64. The molecule has 0 aromatic heterocycles. The summed E-state index contributed by atoms with van der Waals surface area (Å²) in [7, 11) is 0. The van der Waals surface area contributed by atoms with Crippen LogP contribution in [-0.4, -0.2) is 12.7 Å². The molecule has 27 heavy (non-hydrogen) atoms. The van der Waals surface area contributed by atoms with Gasteiger partial charge in [-0.2, -0.15) is 0 Å². The van der Waals surface area contributed by atoms with Crippen LogP contribution < -0.4 is 5.73 Å². The highest BCUT2D eigenvalue weighted by Crippen LogP contribution is 2.68. The van der Waals surface area contributed by atoms with Crippen molar-refractivity contribution in [2.45, 2.75) is 91.4 Å². The number of hydrogen-bond acceptors (Lipinski definition) is 2. The average Bonchev–Trinajstić information content (AvgIpc) is 2.95. The zero-order valence-corrected chi connectivity index (χ0v) is 17.8. The van der Waals surface area contributed by atoms with Gasteiger partial charge in [0.2, 0.25) is 0 Å². The van der Waals surface area contributed by atoms with Crippen molar-refractivity contribution in [1.82, 2.24) is 0 Å². The van der Waals surface area contributed by atoms with Gasteiger partial charge in [0.1, 0.15) is 0 Å². The molecule has 8 atom stereocenters. The molecule has 0 aliphatic heterocycles. The summed E-state index contributed by atoms with van der Waals surface area (Å²) in [6.45, 7) is 8.36. The van der Waals surface area contributed by atoms with Crippen LogP contribution in [0.15, 0.2) is 0 Å². The zero-order valence-electron chi connectivity index (χ0n) is 17.8. The molecule has 0 aromatic rings. The first kappa shape index (κ1) is 19.6. The van der Waals surface area contributed by atoms with Gasteiger partial charge in [-0.3, -0.25) is 0 Å². The summed E-state index contributed by atoms with van der Waals surface area (Å²) >= 11 is 0. The molecular formula is C24H41NO2. The predicted octanol–water partition coefficient (Wildman–Crippen LogP) is 6.16. The van der Waals surface area contributed by atoms with Gasteiger partial charge in [0, 0.05) is 0 Å².